The molecule has 1 aromatic rings. The standard InChI is InChI=1S/C14H21NO4/c1-3-8-19-12-6-4-11(5-7-12)13(16)9-15-10(2)14(17)18/h4-7,10,13,15-16H,3,8-9H2,1-2H3,(H,17,18). The summed E-state index contributed by atoms with van der Waals surface area (Å²) >= 11 is 0. The third-order valence-electron chi connectivity index (χ3n) is 2.73. The Balaban J connectivity index is 2.48. The summed E-state index contributed by atoms with van der Waals surface area (Å²) in [6, 6.07) is 6.48. The zero-order chi connectivity index (χ0) is 14.3. The Bertz CT molecular complexity index is 391. The average Bonchev–Trinajstić information content (AvgIpc) is 2.42. The van der Waals surface area contributed by atoms with Crippen LogP contribution in [0.2, 0.25) is 0 Å². The highest BCUT2D eigenvalue weighted by Gasteiger charge is 2.13. The van der Waals surface area contributed by atoms with Crippen LogP contribution >= 0.6 is 0 Å². The van der Waals surface area contributed by atoms with Gasteiger partial charge in [-0.05, 0) is 31.0 Å². The number of hydrogen-bond acceptors (Lipinski definition) is 4. The summed E-state index contributed by atoms with van der Waals surface area (Å²) in [5, 5.41) is 21.4. The molecule has 0 aliphatic carbocycles. The summed E-state index contributed by atoms with van der Waals surface area (Å²) in [7, 11) is 0. The molecule has 0 bridgehead atoms. The molecule has 1 aromatic carbocycles. The van der Waals surface area contributed by atoms with E-state index in [0.717, 1.165) is 17.7 Å². The minimum Gasteiger partial charge on any atom is -0.494 e. The Hall–Kier alpha value is -1.59. The number of nitrogens with one attached hydrogen (secondary N) is 1. The minimum atomic E-state index is -0.935. The zero-order valence-corrected chi connectivity index (χ0v) is 11.3. The van der Waals surface area contributed by atoms with E-state index in [1.54, 1.807) is 24.3 Å². The number of carbonyl (C=O) groups is 1. The van der Waals surface area contributed by atoms with Crippen molar-refractivity contribution in [3.8, 4) is 5.75 Å². The summed E-state index contributed by atoms with van der Waals surface area (Å²) in [5.41, 5.74) is 0.730. The second kappa shape index (κ2) is 7.76. The van der Waals surface area contributed by atoms with Crippen LogP contribution in [-0.4, -0.2) is 35.4 Å². The number of aliphatic hydroxyl groups excluding tert-OH is 1. The smallest absolute Gasteiger partial charge is 0.320 e. The Labute approximate surface area is 113 Å². The van der Waals surface area contributed by atoms with E-state index in [0.29, 0.717) is 6.61 Å². The first-order valence-electron chi connectivity index (χ1n) is 6.41. The summed E-state index contributed by atoms with van der Waals surface area (Å²) in [6.45, 7) is 4.44. The molecule has 0 spiro atoms. The summed E-state index contributed by atoms with van der Waals surface area (Å²) in [4.78, 5) is 10.6. The fraction of sp³-hybridized carbons (Fsp3) is 0.500. The highest BCUT2D eigenvalue weighted by atomic mass is 16.5. The van der Waals surface area contributed by atoms with E-state index in [1.807, 2.05) is 6.92 Å². The van der Waals surface area contributed by atoms with Gasteiger partial charge in [0.15, 0.2) is 0 Å². The molecule has 5 heteroatoms. The lowest BCUT2D eigenvalue weighted by Gasteiger charge is -2.15. The van der Waals surface area contributed by atoms with Gasteiger partial charge in [0, 0.05) is 6.54 Å². The van der Waals surface area contributed by atoms with Crippen molar-refractivity contribution in [2.75, 3.05) is 13.2 Å². The van der Waals surface area contributed by atoms with Crippen molar-refractivity contribution in [1.82, 2.24) is 5.32 Å². The second-order valence-corrected chi connectivity index (χ2v) is 4.40. The lowest BCUT2D eigenvalue weighted by Crippen LogP contribution is -2.36. The molecule has 0 saturated carbocycles. The molecular weight excluding hydrogens is 246 g/mol. The average molecular weight is 267 g/mol. The van der Waals surface area contributed by atoms with E-state index in [4.69, 9.17) is 9.84 Å². The third-order valence-corrected chi connectivity index (χ3v) is 2.73. The molecule has 1 rings (SSSR count). The molecule has 0 saturated heterocycles. The van der Waals surface area contributed by atoms with Crippen LogP contribution in [0.5, 0.6) is 5.75 Å². The van der Waals surface area contributed by atoms with Crippen molar-refractivity contribution >= 4 is 5.97 Å². The predicted octanol–water partition coefficient (Wildman–Crippen LogP) is 1.57. The number of aliphatic hydroxyl groups is 1. The van der Waals surface area contributed by atoms with Crippen LogP contribution in [0.15, 0.2) is 24.3 Å². The van der Waals surface area contributed by atoms with Crippen LogP contribution in [0, 0.1) is 0 Å². The van der Waals surface area contributed by atoms with Crippen LogP contribution in [0.4, 0.5) is 0 Å². The molecule has 0 fully saturated rings. The maximum absolute atomic E-state index is 10.6. The third kappa shape index (κ3) is 5.28. The van der Waals surface area contributed by atoms with E-state index in [1.165, 1.54) is 6.92 Å². The van der Waals surface area contributed by atoms with Crippen molar-refractivity contribution in [2.45, 2.75) is 32.4 Å². The van der Waals surface area contributed by atoms with E-state index in [2.05, 4.69) is 5.32 Å². The van der Waals surface area contributed by atoms with Crippen LogP contribution in [0.25, 0.3) is 0 Å². The van der Waals surface area contributed by atoms with Crippen LogP contribution < -0.4 is 10.1 Å². The fourth-order valence-corrected chi connectivity index (χ4v) is 1.50. The van der Waals surface area contributed by atoms with Crippen LogP contribution in [-0.2, 0) is 4.79 Å². The van der Waals surface area contributed by atoms with E-state index in [-0.39, 0.29) is 6.54 Å². The molecule has 0 amide bonds. The fourth-order valence-electron chi connectivity index (χ4n) is 1.50. The minimum absolute atomic E-state index is 0.197. The summed E-state index contributed by atoms with van der Waals surface area (Å²) < 4.78 is 5.44. The van der Waals surface area contributed by atoms with Gasteiger partial charge in [0.25, 0.3) is 0 Å². The van der Waals surface area contributed by atoms with Crippen LogP contribution in [0.1, 0.15) is 31.9 Å². The molecule has 0 aliphatic rings. The lowest BCUT2D eigenvalue weighted by atomic mass is 10.1. The molecular formula is C14H21NO4. The lowest BCUT2D eigenvalue weighted by molar-refractivity contribution is -0.139. The number of carboxylic acid groups (broad SMARTS) is 1. The monoisotopic (exact) mass is 267 g/mol. The van der Waals surface area contributed by atoms with E-state index >= 15 is 0 Å². The van der Waals surface area contributed by atoms with Gasteiger partial charge >= 0.3 is 5.97 Å². The highest BCUT2D eigenvalue weighted by molar-refractivity contribution is 5.72. The summed E-state index contributed by atoms with van der Waals surface area (Å²) in [6.07, 6.45) is 0.212. The van der Waals surface area contributed by atoms with Crippen molar-refractivity contribution in [1.29, 1.82) is 0 Å². The molecule has 0 aromatic heterocycles. The Morgan fingerprint density at radius 3 is 2.53 bits per heavy atom. The first-order chi connectivity index (χ1) is 9.04. The Kier molecular flexibility index (Phi) is 6.32. The van der Waals surface area contributed by atoms with Crippen LogP contribution in [0.3, 0.4) is 0 Å². The van der Waals surface area contributed by atoms with Gasteiger partial charge in [0.2, 0.25) is 0 Å². The van der Waals surface area contributed by atoms with Crippen molar-refractivity contribution in [3.05, 3.63) is 29.8 Å². The summed E-state index contributed by atoms with van der Waals surface area (Å²) in [5.74, 6) is -0.167. The van der Waals surface area contributed by atoms with Gasteiger partial charge in [-0.1, -0.05) is 19.1 Å². The molecule has 19 heavy (non-hydrogen) atoms. The molecule has 0 heterocycles. The van der Waals surface area contributed by atoms with Gasteiger partial charge in [0.1, 0.15) is 11.8 Å². The molecule has 2 atom stereocenters. The molecule has 106 valence electrons. The quantitative estimate of drug-likeness (QED) is 0.666. The van der Waals surface area contributed by atoms with Gasteiger partial charge in [-0.15, -0.1) is 0 Å². The second-order valence-electron chi connectivity index (χ2n) is 4.40. The maximum atomic E-state index is 10.6. The predicted molar refractivity (Wildman–Crippen MR) is 72.3 cm³/mol. The zero-order valence-electron chi connectivity index (χ0n) is 11.3. The number of ether oxygens (including phenoxy) is 1. The first-order valence-corrected chi connectivity index (χ1v) is 6.41. The normalized spacial score (nSPS) is 13.8. The Morgan fingerprint density at radius 1 is 1.37 bits per heavy atom. The van der Waals surface area contributed by atoms with Crippen molar-refractivity contribution in [2.24, 2.45) is 0 Å². The first kappa shape index (κ1) is 15.5. The number of hydrogen-bond donors (Lipinski definition) is 3. The largest absolute Gasteiger partial charge is 0.494 e. The number of benzene rings is 1. The number of rotatable bonds is 8. The molecule has 0 aliphatic heterocycles. The molecule has 5 nitrogen and oxygen atoms in total. The van der Waals surface area contributed by atoms with Crippen molar-refractivity contribution < 1.29 is 19.7 Å². The number of carboxylic acids is 1. The van der Waals surface area contributed by atoms with Gasteiger partial charge in [0.05, 0.1) is 12.7 Å². The van der Waals surface area contributed by atoms with Gasteiger partial charge in [-0.2, -0.15) is 0 Å². The molecule has 0 radical (unpaired) electrons. The van der Waals surface area contributed by atoms with Gasteiger partial charge < -0.3 is 20.3 Å². The number of aliphatic carboxylic acids is 1. The molecule has 2 unspecified atom stereocenters. The van der Waals surface area contributed by atoms with E-state index in [9.17, 15) is 9.90 Å². The Morgan fingerprint density at radius 2 is 2.00 bits per heavy atom. The highest BCUT2D eigenvalue weighted by Crippen LogP contribution is 2.17. The topological polar surface area (TPSA) is 78.8 Å². The SMILES string of the molecule is CCCOc1ccc(C(O)CNC(C)C(=O)O)cc1. The maximum Gasteiger partial charge on any atom is 0.320 e. The molecule has 3 N–H and O–H groups in total. The van der Waals surface area contributed by atoms with Crippen molar-refractivity contribution in [3.63, 3.8) is 0 Å². The van der Waals surface area contributed by atoms with Gasteiger partial charge in [-0.25, -0.2) is 0 Å². The van der Waals surface area contributed by atoms with Gasteiger partial charge in [-0.3, -0.25) is 4.79 Å². The van der Waals surface area contributed by atoms with E-state index < -0.39 is 18.1 Å².